The molecule has 2 aliphatic heterocycles. The Morgan fingerprint density at radius 3 is 1.54 bits per heavy atom. The van der Waals surface area contributed by atoms with Gasteiger partial charge in [-0.15, -0.1) is 0 Å². The van der Waals surface area contributed by atoms with Crippen LogP contribution in [0.1, 0.15) is 79.1 Å². The molecule has 0 N–H and O–H groups in total. The van der Waals surface area contributed by atoms with Crippen molar-refractivity contribution in [2.45, 2.75) is 85.1 Å². The molecule has 0 aromatic carbocycles. The summed E-state index contributed by atoms with van der Waals surface area (Å²) in [6, 6.07) is 0.0801. The molecule has 2 saturated heterocycles. The quantitative estimate of drug-likeness (QED) is 0.250. The van der Waals surface area contributed by atoms with Crippen LogP contribution in [0.3, 0.4) is 0 Å². The minimum absolute atomic E-state index is 0.0261. The highest BCUT2D eigenvalue weighted by Gasteiger charge is 2.60. The Morgan fingerprint density at radius 2 is 1.14 bits per heavy atom. The lowest BCUT2D eigenvalue weighted by Gasteiger charge is -2.24. The number of carbonyl (C=O) groups is 4. The van der Waals surface area contributed by atoms with Gasteiger partial charge < -0.3 is 0 Å². The molecule has 6 rings (SSSR count). The van der Waals surface area contributed by atoms with E-state index >= 15 is 0 Å². The van der Waals surface area contributed by atoms with Gasteiger partial charge >= 0.3 is 0 Å². The first kappa shape index (κ1) is 26.4. The molecule has 9 atom stereocenters. The van der Waals surface area contributed by atoms with Crippen molar-refractivity contribution in [3.05, 3.63) is 24.3 Å². The summed E-state index contributed by atoms with van der Waals surface area (Å²) in [6.45, 7) is 9.10. The Bertz CT molecular complexity index is 937. The first-order valence-electron chi connectivity index (χ1n) is 14.9. The number of allylic oxidation sites excluding steroid dienone is 4. The van der Waals surface area contributed by atoms with Gasteiger partial charge in [-0.2, -0.15) is 0 Å². The number of hydrogen-bond donors (Lipinski definition) is 0. The summed E-state index contributed by atoms with van der Waals surface area (Å²) in [5.41, 5.74) is 0. The van der Waals surface area contributed by atoms with Crippen molar-refractivity contribution in [1.82, 2.24) is 9.80 Å². The average molecular weight is 509 g/mol. The fourth-order valence-electron chi connectivity index (χ4n) is 8.13. The van der Waals surface area contributed by atoms with E-state index in [9.17, 15) is 19.2 Å². The van der Waals surface area contributed by atoms with E-state index in [0.29, 0.717) is 36.1 Å². The maximum absolute atomic E-state index is 12.5. The standard InChI is InChI=1S/C16H23NO2.C15H21NO2/c1-3-4-5-6-10(2)17-15(18)13-11-7-8-12(9-11)14(13)16(17)19;1-3-9(4-2)8-16-14(17)12-10-5-6-11(7-10)13(12)15(16)18/h7-8,10-14H,3-6,9H2,1-2H3;5-6,9-13H,3-4,7-8H2,1-2H3. The van der Waals surface area contributed by atoms with E-state index in [1.807, 2.05) is 6.92 Å². The van der Waals surface area contributed by atoms with E-state index in [1.54, 1.807) is 9.80 Å². The van der Waals surface area contributed by atoms with Gasteiger partial charge in [-0.1, -0.05) is 77.2 Å². The van der Waals surface area contributed by atoms with Crippen molar-refractivity contribution in [1.29, 1.82) is 0 Å². The highest BCUT2D eigenvalue weighted by atomic mass is 16.2. The average Bonchev–Trinajstić information content (AvgIpc) is 3.73. The van der Waals surface area contributed by atoms with Crippen molar-refractivity contribution in [2.75, 3.05) is 6.54 Å². The second-order valence-electron chi connectivity index (χ2n) is 12.4. The predicted octanol–water partition coefficient (Wildman–Crippen LogP) is 4.99. The predicted molar refractivity (Wildman–Crippen MR) is 142 cm³/mol. The lowest BCUT2D eigenvalue weighted by Crippen LogP contribution is -2.40. The summed E-state index contributed by atoms with van der Waals surface area (Å²) in [7, 11) is 0. The zero-order chi connectivity index (χ0) is 26.4. The highest BCUT2D eigenvalue weighted by molar-refractivity contribution is 6.07. The Hall–Kier alpha value is -2.24. The molecule has 202 valence electrons. The number of rotatable bonds is 9. The fraction of sp³-hybridized carbons (Fsp3) is 0.742. The largest absolute Gasteiger partial charge is 0.282 e. The van der Waals surface area contributed by atoms with Gasteiger partial charge in [0.25, 0.3) is 0 Å². The molecule has 0 spiro atoms. The molecule has 2 saturated carbocycles. The third kappa shape index (κ3) is 4.32. The second-order valence-corrected chi connectivity index (χ2v) is 12.4. The summed E-state index contributed by atoms with van der Waals surface area (Å²) in [6.07, 6.45) is 17.1. The summed E-state index contributed by atoms with van der Waals surface area (Å²) in [5, 5.41) is 0. The molecular weight excluding hydrogens is 464 g/mol. The summed E-state index contributed by atoms with van der Waals surface area (Å²) >= 11 is 0. The van der Waals surface area contributed by atoms with Crippen molar-refractivity contribution >= 4 is 23.6 Å². The molecule has 4 amide bonds. The van der Waals surface area contributed by atoms with Gasteiger partial charge in [0.2, 0.25) is 23.6 Å². The van der Waals surface area contributed by atoms with Crippen molar-refractivity contribution in [2.24, 2.45) is 53.3 Å². The molecule has 4 fully saturated rings. The van der Waals surface area contributed by atoms with Crippen LogP contribution in [-0.2, 0) is 19.2 Å². The topological polar surface area (TPSA) is 74.8 Å². The number of likely N-dealkylation sites (tertiary alicyclic amines) is 2. The van der Waals surface area contributed by atoms with Crippen LogP contribution in [-0.4, -0.2) is 46.0 Å². The monoisotopic (exact) mass is 508 g/mol. The van der Waals surface area contributed by atoms with Crippen LogP contribution in [0.4, 0.5) is 0 Å². The minimum atomic E-state index is -0.0314. The number of fused-ring (bicyclic) bond motifs is 10. The number of carbonyl (C=O) groups excluding carboxylic acids is 4. The third-order valence-corrected chi connectivity index (χ3v) is 10.3. The molecule has 0 aromatic rings. The Morgan fingerprint density at radius 1 is 0.703 bits per heavy atom. The van der Waals surface area contributed by atoms with Gasteiger partial charge in [0.15, 0.2) is 0 Å². The molecule has 4 aliphatic carbocycles. The van der Waals surface area contributed by atoms with Crippen molar-refractivity contribution in [3.63, 3.8) is 0 Å². The van der Waals surface area contributed by atoms with Gasteiger partial charge in [-0.25, -0.2) is 0 Å². The van der Waals surface area contributed by atoms with Crippen LogP contribution < -0.4 is 0 Å². The van der Waals surface area contributed by atoms with Crippen LogP contribution in [0.5, 0.6) is 0 Å². The van der Waals surface area contributed by atoms with E-state index in [-0.39, 0.29) is 53.3 Å². The summed E-state index contributed by atoms with van der Waals surface area (Å²) in [4.78, 5) is 53.1. The minimum Gasteiger partial charge on any atom is -0.282 e. The van der Waals surface area contributed by atoms with Crippen LogP contribution in [0.2, 0.25) is 0 Å². The van der Waals surface area contributed by atoms with E-state index < -0.39 is 0 Å². The fourth-order valence-corrected chi connectivity index (χ4v) is 8.13. The number of hydrogen-bond acceptors (Lipinski definition) is 4. The lowest BCUT2D eigenvalue weighted by molar-refractivity contribution is -0.144. The number of amides is 4. The number of imide groups is 2. The van der Waals surface area contributed by atoms with Crippen molar-refractivity contribution in [3.8, 4) is 0 Å². The van der Waals surface area contributed by atoms with Crippen LogP contribution in [0, 0.1) is 53.3 Å². The molecule has 6 aliphatic rings. The Labute approximate surface area is 221 Å². The Kier molecular flexibility index (Phi) is 7.48. The first-order chi connectivity index (χ1) is 17.8. The van der Waals surface area contributed by atoms with Gasteiger partial charge in [0.1, 0.15) is 0 Å². The highest BCUT2D eigenvalue weighted by Crippen LogP contribution is 2.53. The van der Waals surface area contributed by atoms with E-state index in [4.69, 9.17) is 0 Å². The maximum Gasteiger partial charge on any atom is 0.233 e. The molecule has 4 bridgehead atoms. The zero-order valence-corrected chi connectivity index (χ0v) is 23.0. The van der Waals surface area contributed by atoms with Crippen molar-refractivity contribution < 1.29 is 19.2 Å². The van der Waals surface area contributed by atoms with E-state index in [0.717, 1.165) is 38.5 Å². The molecular formula is C31H44N2O4. The molecule has 9 unspecified atom stereocenters. The Balaban J connectivity index is 0.000000152. The smallest absolute Gasteiger partial charge is 0.233 e. The normalized spacial score (nSPS) is 37.2. The maximum atomic E-state index is 12.5. The molecule has 37 heavy (non-hydrogen) atoms. The molecule has 2 heterocycles. The lowest BCUT2D eigenvalue weighted by atomic mass is 9.85. The van der Waals surface area contributed by atoms with Gasteiger partial charge in [0.05, 0.1) is 23.7 Å². The van der Waals surface area contributed by atoms with E-state index in [2.05, 4.69) is 45.1 Å². The molecule has 0 radical (unpaired) electrons. The molecule has 6 nitrogen and oxygen atoms in total. The van der Waals surface area contributed by atoms with Gasteiger partial charge in [-0.05, 0) is 55.8 Å². The number of nitrogens with zero attached hydrogens (tertiary/aromatic N) is 2. The summed E-state index contributed by atoms with van der Waals surface area (Å²) < 4.78 is 0. The SMILES string of the molecule is CCC(CC)CN1C(=O)C2C3C=CC(C3)C2C1=O.CCCCCC(C)N1C(=O)C2C3C=CC(C3)C2C1=O. The van der Waals surface area contributed by atoms with E-state index in [1.165, 1.54) is 12.8 Å². The number of unbranched alkanes of at least 4 members (excludes halogenated alkanes) is 2. The van der Waals surface area contributed by atoms with Gasteiger partial charge in [0, 0.05) is 12.6 Å². The molecule has 0 aromatic heterocycles. The second kappa shape index (κ2) is 10.5. The van der Waals surface area contributed by atoms with Gasteiger partial charge in [-0.3, -0.25) is 29.0 Å². The zero-order valence-electron chi connectivity index (χ0n) is 23.0. The van der Waals surface area contributed by atoms with Crippen LogP contribution in [0.25, 0.3) is 0 Å². The van der Waals surface area contributed by atoms with Crippen LogP contribution in [0.15, 0.2) is 24.3 Å². The first-order valence-corrected chi connectivity index (χ1v) is 14.9. The van der Waals surface area contributed by atoms with Crippen LogP contribution >= 0.6 is 0 Å². The molecule has 6 heteroatoms. The third-order valence-electron chi connectivity index (χ3n) is 10.3. The summed E-state index contributed by atoms with van der Waals surface area (Å²) in [5.74, 6) is 2.11.